The maximum atomic E-state index is 9.12. The predicted octanol–water partition coefficient (Wildman–Crippen LogP) is 17.3. The Bertz CT molecular complexity index is 2790. The van der Waals surface area contributed by atoms with Gasteiger partial charge in [-0.25, -0.2) is 0 Å². The van der Waals surface area contributed by atoms with Crippen molar-refractivity contribution >= 4 is 78.2 Å². The van der Waals surface area contributed by atoms with Crippen LogP contribution in [0.1, 0.15) is 70.0 Å². The molecule has 0 spiro atoms. The molecular weight excluding hydrogens is 863 g/mol. The van der Waals surface area contributed by atoms with Gasteiger partial charge in [0.15, 0.2) is 0 Å². The minimum atomic E-state index is -5.16. The van der Waals surface area contributed by atoms with Crippen LogP contribution in [-0.2, 0) is 15.6 Å². The summed E-state index contributed by atoms with van der Waals surface area (Å²) < 4.78 is 0.0241. The van der Waals surface area contributed by atoms with Crippen molar-refractivity contribution < 1.29 is 15.6 Å². The van der Waals surface area contributed by atoms with Crippen LogP contribution in [0.5, 0.6) is 0 Å². The molecule has 0 aliphatic heterocycles. The zero-order chi connectivity index (χ0) is 41.5. The third kappa shape index (κ3) is 5.91. The molecule has 0 saturated carbocycles. The van der Waals surface area contributed by atoms with Crippen LogP contribution in [0.2, 0.25) is 13.1 Å². The van der Waals surface area contributed by atoms with E-state index in [1.165, 1.54) is 98.7 Å². The number of hydrogen-bond acceptors (Lipinski definition) is 0. The Balaban J connectivity index is 1.25. The third-order valence-electron chi connectivity index (χ3n) is 14.8. The fourth-order valence-electron chi connectivity index (χ4n) is 11.3. The molecule has 0 fully saturated rings. The van der Waals surface area contributed by atoms with Crippen LogP contribution in [0.3, 0.4) is 0 Å². The van der Waals surface area contributed by atoms with Gasteiger partial charge in [-0.2, -0.15) is 0 Å². The Hall–Kier alpha value is -4.04. The molecule has 0 heterocycles. The van der Waals surface area contributed by atoms with Crippen molar-refractivity contribution in [3.8, 4) is 22.3 Å². The molecular formula is C56H53Cl2SiZr. The molecule has 4 atom stereocenters. The molecule has 0 radical (unpaired) electrons. The van der Waals surface area contributed by atoms with Gasteiger partial charge in [0.2, 0.25) is 0 Å². The molecule has 0 nitrogen and oxygen atoms in total. The zero-order valence-corrected chi connectivity index (χ0v) is 40.7. The van der Waals surface area contributed by atoms with E-state index >= 15 is 0 Å². The Labute approximate surface area is 364 Å². The van der Waals surface area contributed by atoms with E-state index in [0.717, 1.165) is 12.8 Å². The molecule has 8 aromatic carbocycles. The van der Waals surface area contributed by atoms with Crippen molar-refractivity contribution in [2.75, 3.05) is 0 Å². The van der Waals surface area contributed by atoms with E-state index < -0.39 is 21.5 Å². The van der Waals surface area contributed by atoms with E-state index in [9.17, 15) is 0 Å². The van der Waals surface area contributed by atoms with Gasteiger partial charge in [0, 0.05) is 0 Å². The second-order valence-electron chi connectivity index (χ2n) is 18.2. The van der Waals surface area contributed by atoms with Gasteiger partial charge in [-0.3, -0.25) is 0 Å². The van der Waals surface area contributed by atoms with E-state index in [1.54, 1.807) is 0 Å². The van der Waals surface area contributed by atoms with Crippen LogP contribution < -0.4 is 0 Å². The Morgan fingerprint density at radius 2 is 0.817 bits per heavy atom. The van der Waals surface area contributed by atoms with Gasteiger partial charge in [0.05, 0.1) is 0 Å². The summed E-state index contributed by atoms with van der Waals surface area (Å²) in [5.41, 5.74) is 13.4. The van der Waals surface area contributed by atoms with Crippen LogP contribution in [0.15, 0.2) is 157 Å². The first-order valence-corrected chi connectivity index (χ1v) is 38.4. The molecule has 0 N–H and O–H groups in total. The van der Waals surface area contributed by atoms with Crippen LogP contribution in [0.4, 0.5) is 0 Å². The molecule has 0 bridgehead atoms. The summed E-state index contributed by atoms with van der Waals surface area (Å²) >= 11 is -5.16. The first-order valence-electron chi connectivity index (χ1n) is 22.1. The second kappa shape index (κ2) is 15.1. The van der Waals surface area contributed by atoms with Crippen LogP contribution in [0.25, 0.3) is 77.5 Å². The van der Waals surface area contributed by atoms with E-state index in [0.29, 0.717) is 11.8 Å². The first kappa shape index (κ1) is 40.1. The van der Waals surface area contributed by atoms with E-state index in [4.69, 9.17) is 17.0 Å². The zero-order valence-electron chi connectivity index (χ0n) is 35.6. The second-order valence-corrected chi connectivity index (χ2v) is 60.7. The Morgan fingerprint density at radius 3 is 1.13 bits per heavy atom. The average molecular weight is 916 g/mol. The maximum absolute atomic E-state index is 9.12. The summed E-state index contributed by atoms with van der Waals surface area (Å²) in [7, 11) is 18.2. The molecule has 2 aliphatic carbocycles. The van der Waals surface area contributed by atoms with Crippen LogP contribution >= 0.6 is 17.0 Å². The quantitative estimate of drug-likeness (QED) is 0.1000. The monoisotopic (exact) mass is 913 g/mol. The molecule has 2 aliphatic rings. The molecule has 4 heteroatoms. The van der Waals surface area contributed by atoms with Crippen molar-refractivity contribution in [1.82, 2.24) is 0 Å². The molecule has 0 amide bonds. The molecule has 60 heavy (non-hydrogen) atoms. The van der Waals surface area contributed by atoms with E-state index in [1.807, 2.05) is 0 Å². The van der Waals surface area contributed by atoms with Gasteiger partial charge < -0.3 is 0 Å². The van der Waals surface area contributed by atoms with E-state index in [-0.39, 0.29) is 7.25 Å². The first-order chi connectivity index (χ1) is 29.0. The van der Waals surface area contributed by atoms with Gasteiger partial charge in [-0.1, -0.05) is 0 Å². The SMILES string of the molecule is CCC(C)C1=Cc2c(-c3c4ccccc4cc4ccccc34)cccc2[CH]1[Zr]([Cl])([Cl])([CH]1C(C(C)CC)=Cc2c(-c3c4ccccc4cc4ccccc34)cccc21)[SiH](C)C. The summed E-state index contributed by atoms with van der Waals surface area (Å²) in [5, 5.41) is 10.2. The van der Waals surface area contributed by atoms with Crippen LogP contribution in [-0.4, -0.2) is 5.92 Å². The molecule has 10 rings (SSSR count). The molecule has 0 saturated heterocycles. The predicted molar refractivity (Wildman–Crippen MR) is 265 cm³/mol. The molecule has 299 valence electrons. The topological polar surface area (TPSA) is 0 Å². The van der Waals surface area contributed by atoms with Gasteiger partial charge in [0.1, 0.15) is 0 Å². The number of hydrogen-bond donors (Lipinski definition) is 0. The normalized spacial score (nSPS) is 18.1. The summed E-state index contributed by atoms with van der Waals surface area (Å²) in [5.74, 6) is -1.13. The van der Waals surface area contributed by atoms with Crippen molar-refractivity contribution in [1.29, 1.82) is 0 Å². The van der Waals surface area contributed by atoms with Crippen molar-refractivity contribution in [3.05, 3.63) is 179 Å². The summed E-state index contributed by atoms with van der Waals surface area (Å²) in [4.78, 5) is 0. The van der Waals surface area contributed by atoms with Gasteiger partial charge in [0.25, 0.3) is 0 Å². The Morgan fingerprint density at radius 1 is 0.483 bits per heavy atom. The molecule has 0 aromatic heterocycles. The minimum absolute atomic E-state index is 0.0121. The van der Waals surface area contributed by atoms with Crippen molar-refractivity contribution in [3.63, 3.8) is 0 Å². The number of halogens is 2. The van der Waals surface area contributed by atoms with Gasteiger partial charge in [-0.15, -0.1) is 0 Å². The van der Waals surface area contributed by atoms with Crippen molar-refractivity contribution in [2.45, 2.75) is 60.9 Å². The fraction of sp³-hybridized carbons (Fsp3) is 0.214. The van der Waals surface area contributed by atoms with Gasteiger partial charge in [-0.05, 0) is 0 Å². The molecule has 8 aromatic rings. The standard InChI is InChI=1S/2C27H23.C2H7Si.2ClH.Zr/c2*1-3-18(2)22-16-21-11-8-14-25(26(21)17-22)27-23-12-6-4-9-19(23)15-20-10-5-7-13-24(20)27;1-3-2;;;/h2*4-18H,3H2,1-2H3;3H,1-2H3;2*1H;/q;;;;;+2/p-2. The number of benzene rings is 8. The van der Waals surface area contributed by atoms with Gasteiger partial charge >= 0.3 is 368 Å². The van der Waals surface area contributed by atoms with E-state index in [2.05, 4.69) is 199 Å². The summed E-state index contributed by atoms with van der Waals surface area (Å²) in [6.07, 6.45) is 7.20. The molecule has 4 unspecified atom stereocenters. The number of allylic oxidation sites excluding steroid dienone is 2. The van der Waals surface area contributed by atoms with Crippen LogP contribution in [0, 0.1) is 11.8 Å². The summed E-state index contributed by atoms with van der Waals surface area (Å²) in [6, 6.07) is 54.4. The third-order valence-corrected chi connectivity index (χ3v) is 66.5. The average Bonchev–Trinajstić information content (AvgIpc) is 3.88. The number of fused-ring (bicyclic) bond motifs is 6. The fourth-order valence-corrected chi connectivity index (χ4v) is 42.5. The summed E-state index contributed by atoms with van der Waals surface area (Å²) in [6.45, 7) is 14.5. The van der Waals surface area contributed by atoms with Crippen molar-refractivity contribution in [2.24, 2.45) is 11.8 Å². The Kier molecular flexibility index (Phi) is 10.1. The number of rotatable bonds is 9.